The van der Waals surface area contributed by atoms with E-state index in [0.717, 1.165) is 5.56 Å². The molecule has 2 heterocycles. The van der Waals surface area contributed by atoms with Crippen LogP contribution in [0.3, 0.4) is 0 Å². The molecule has 29 heavy (non-hydrogen) atoms. The monoisotopic (exact) mass is 455 g/mol. The van der Waals surface area contributed by atoms with Gasteiger partial charge in [0.2, 0.25) is 10.0 Å². The van der Waals surface area contributed by atoms with E-state index in [2.05, 4.69) is 0 Å². The van der Waals surface area contributed by atoms with Gasteiger partial charge in [0.1, 0.15) is 4.90 Å². The summed E-state index contributed by atoms with van der Waals surface area (Å²) >= 11 is 6.05. The largest absolute Gasteiger partial charge is 0.282 e. The fourth-order valence-corrected chi connectivity index (χ4v) is 7.25. The van der Waals surface area contributed by atoms with Crippen LogP contribution >= 0.6 is 11.6 Å². The molecule has 0 amide bonds. The molecular weight excluding hydrogens is 434 g/mol. The number of benzene rings is 2. The van der Waals surface area contributed by atoms with Gasteiger partial charge in [0.25, 0.3) is 10.2 Å². The topological polar surface area (TPSA) is 78.0 Å². The standard InChI is InChI=1S/C19H22ClN3O4S2/c20-18-7-3-4-8-19(18)28(24,25)21-11-13-22(14-12-21)29(26,27)23-10-9-16-5-1-2-6-17(16)15-23/h1-8H,9-15H2. The van der Waals surface area contributed by atoms with Crippen molar-refractivity contribution >= 4 is 31.8 Å². The van der Waals surface area contributed by atoms with E-state index in [-0.39, 0.29) is 36.1 Å². The van der Waals surface area contributed by atoms with Crippen LogP contribution in [0.15, 0.2) is 53.4 Å². The summed E-state index contributed by atoms with van der Waals surface area (Å²) in [6.07, 6.45) is 0.677. The van der Waals surface area contributed by atoms with Crippen LogP contribution in [0.25, 0.3) is 0 Å². The number of hydrogen-bond donors (Lipinski definition) is 0. The van der Waals surface area contributed by atoms with Crippen LogP contribution in [-0.2, 0) is 33.2 Å². The molecular formula is C19H22ClN3O4S2. The highest BCUT2D eigenvalue weighted by Crippen LogP contribution is 2.27. The van der Waals surface area contributed by atoms with Gasteiger partial charge >= 0.3 is 0 Å². The summed E-state index contributed by atoms with van der Waals surface area (Å²) in [7, 11) is -7.41. The molecule has 0 saturated carbocycles. The van der Waals surface area contributed by atoms with Crippen molar-refractivity contribution in [2.24, 2.45) is 0 Å². The molecule has 1 fully saturated rings. The Bertz CT molecular complexity index is 1110. The highest BCUT2D eigenvalue weighted by molar-refractivity contribution is 7.89. The van der Waals surface area contributed by atoms with Gasteiger partial charge in [-0.15, -0.1) is 0 Å². The number of fused-ring (bicyclic) bond motifs is 1. The van der Waals surface area contributed by atoms with Crippen molar-refractivity contribution in [1.82, 2.24) is 12.9 Å². The van der Waals surface area contributed by atoms with Crippen molar-refractivity contribution < 1.29 is 16.8 Å². The number of sulfonamides is 1. The van der Waals surface area contributed by atoms with Crippen LogP contribution in [0.4, 0.5) is 0 Å². The highest BCUT2D eigenvalue weighted by Gasteiger charge is 2.37. The molecule has 0 atom stereocenters. The van der Waals surface area contributed by atoms with E-state index < -0.39 is 20.2 Å². The van der Waals surface area contributed by atoms with E-state index in [9.17, 15) is 16.8 Å². The first-order valence-corrected chi connectivity index (χ1v) is 12.6. The van der Waals surface area contributed by atoms with Gasteiger partial charge in [-0.3, -0.25) is 0 Å². The van der Waals surface area contributed by atoms with E-state index in [4.69, 9.17) is 11.6 Å². The number of rotatable bonds is 4. The minimum absolute atomic E-state index is 0.0469. The molecule has 0 N–H and O–H groups in total. The molecule has 2 aliphatic heterocycles. The molecule has 2 aliphatic rings. The summed E-state index contributed by atoms with van der Waals surface area (Å²) in [4.78, 5) is 0.0469. The van der Waals surface area contributed by atoms with E-state index in [1.165, 1.54) is 30.6 Å². The molecule has 0 radical (unpaired) electrons. The predicted molar refractivity (Wildman–Crippen MR) is 111 cm³/mol. The fourth-order valence-electron chi connectivity index (χ4n) is 3.76. The Hall–Kier alpha value is -1.49. The predicted octanol–water partition coefficient (Wildman–Crippen LogP) is 1.95. The zero-order valence-corrected chi connectivity index (χ0v) is 18.1. The molecule has 0 aromatic heterocycles. The van der Waals surface area contributed by atoms with Crippen molar-refractivity contribution in [1.29, 1.82) is 0 Å². The van der Waals surface area contributed by atoms with Crippen molar-refractivity contribution in [3.05, 3.63) is 64.7 Å². The second kappa shape index (κ2) is 7.98. The van der Waals surface area contributed by atoms with Crippen LogP contribution in [0.5, 0.6) is 0 Å². The molecule has 2 aromatic rings. The van der Waals surface area contributed by atoms with Gasteiger partial charge in [-0.25, -0.2) is 8.42 Å². The molecule has 4 rings (SSSR count). The minimum Gasteiger partial charge on any atom is -0.207 e. The fraction of sp³-hybridized carbons (Fsp3) is 0.368. The van der Waals surface area contributed by atoms with Gasteiger partial charge in [0.05, 0.1) is 5.02 Å². The lowest BCUT2D eigenvalue weighted by molar-refractivity contribution is 0.250. The molecule has 0 unspecified atom stereocenters. The Morgan fingerprint density at radius 3 is 1.97 bits per heavy atom. The number of nitrogens with zero attached hydrogens (tertiary/aromatic N) is 3. The first kappa shape index (κ1) is 20.8. The summed E-state index contributed by atoms with van der Waals surface area (Å²) in [5.74, 6) is 0. The molecule has 0 spiro atoms. The Kier molecular flexibility index (Phi) is 5.71. The molecule has 0 aliphatic carbocycles. The third-order valence-electron chi connectivity index (χ3n) is 5.40. The number of piperazine rings is 1. The van der Waals surface area contributed by atoms with E-state index >= 15 is 0 Å². The Morgan fingerprint density at radius 2 is 1.28 bits per heavy atom. The molecule has 156 valence electrons. The van der Waals surface area contributed by atoms with Gasteiger partial charge in [-0.05, 0) is 29.7 Å². The van der Waals surface area contributed by atoms with E-state index in [1.54, 1.807) is 12.1 Å². The number of halogens is 1. The lowest BCUT2D eigenvalue weighted by Gasteiger charge is -2.37. The lowest BCUT2D eigenvalue weighted by Crippen LogP contribution is -2.54. The van der Waals surface area contributed by atoms with Crippen LogP contribution in [-0.4, -0.2) is 62.5 Å². The third-order valence-corrected chi connectivity index (χ3v) is 9.78. The quantitative estimate of drug-likeness (QED) is 0.706. The second-order valence-corrected chi connectivity index (χ2v) is 11.3. The zero-order valence-electron chi connectivity index (χ0n) is 15.7. The van der Waals surface area contributed by atoms with Crippen LogP contribution in [0.1, 0.15) is 11.1 Å². The summed E-state index contributed by atoms with van der Waals surface area (Å²) in [5.41, 5.74) is 2.19. The van der Waals surface area contributed by atoms with E-state index in [0.29, 0.717) is 19.5 Å². The van der Waals surface area contributed by atoms with Crippen LogP contribution < -0.4 is 0 Å². The third kappa shape index (κ3) is 3.95. The number of hydrogen-bond acceptors (Lipinski definition) is 4. The Morgan fingerprint density at radius 1 is 0.690 bits per heavy atom. The summed E-state index contributed by atoms with van der Waals surface area (Å²) < 4.78 is 56.1. The van der Waals surface area contributed by atoms with Gasteiger partial charge in [-0.2, -0.15) is 21.3 Å². The summed E-state index contributed by atoms with van der Waals surface area (Å²) in [5, 5.41) is 0.162. The van der Waals surface area contributed by atoms with E-state index in [1.807, 2.05) is 24.3 Å². The Labute approximate surface area is 176 Å². The molecule has 7 nitrogen and oxygen atoms in total. The maximum atomic E-state index is 13.1. The van der Waals surface area contributed by atoms with Gasteiger partial charge in [0.15, 0.2) is 0 Å². The van der Waals surface area contributed by atoms with Crippen molar-refractivity contribution in [2.75, 3.05) is 32.7 Å². The molecule has 10 heteroatoms. The Balaban J connectivity index is 1.46. The average molecular weight is 456 g/mol. The first-order chi connectivity index (χ1) is 13.8. The smallest absolute Gasteiger partial charge is 0.207 e. The van der Waals surface area contributed by atoms with Gasteiger partial charge in [0, 0.05) is 39.3 Å². The molecule has 2 aromatic carbocycles. The molecule has 0 bridgehead atoms. The second-order valence-electron chi connectivity index (χ2n) is 7.09. The van der Waals surface area contributed by atoms with Gasteiger partial charge < -0.3 is 0 Å². The normalized spacial score (nSPS) is 19.8. The van der Waals surface area contributed by atoms with Crippen molar-refractivity contribution in [3.63, 3.8) is 0 Å². The average Bonchev–Trinajstić information content (AvgIpc) is 2.73. The van der Waals surface area contributed by atoms with Crippen LogP contribution in [0, 0.1) is 0 Å². The molecule has 1 saturated heterocycles. The maximum Gasteiger partial charge on any atom is 0.282 e. The minimum atomic E-state index is -3.76. The van der Waals surface area contributed by atoms with Crippen molar-refractivity contribution in [3.8, 4) is 0 Å². The van der Waals surface area contributed by atoms with Gasteiger partial charge in [-0.1, -0.05) is 48.0 Å². The maximum absolute atomic E-state index is 13.1. The highest BCUT2D eigenvalue weighted by atomic mass is 35.5. The van der Waals surface area contributed by atoms with Crippen LogP contribution in [0.2, 0.25) is 5.02 Å². The SMILES string of the molecule is O=S(=O)(c1ccccc1Cl)N1CCN(S(=O)(=O)N2CCc3ccccc3C2)CC1. The first-order valence-electron chi connectivity index (χ1n) is 9.37. The summed E-state index contributed by atoms with van der Waals surface area (Å²) in [6.45, 7) is 1.19. The van der Waals surface area contributed by atoms with Crippen molar-refractivity contribution in [2.45, 2.75) is 17.9 Å². The summed E-state index contributed by atoms with van der Waals surface area (Å²) in [6, 6.07) is 14.1. The lowest BCUT2D eigenvalue weighted by atomic mass is 10.0. The zero-order chi connectivity index (χ0) is 20.6.